The molecule has 49 heavy (non-hydrogen) atoms. The number of rotatable bonds is 5. The lowest BCUT2D eigenvalue weighted by Gasteiger charge is -2.28. The average Bonchev–Trinajstić information content (AvgIpc) is 3.72. The second-order valence-corrected chi connectivity index (χ2v) is 12.6. The number of fused-ring (bicyclic) bond motifs is 8. The van der Waals surface area contributed by atoms with Crippen molar-refractivity contribution < 1.29 is 4.42 Å². The van der Waals surface area contributed by atoms with E-state index in [-0.39, 0.29) is 0 Å². The van der Waals surface area contributed by atoms with Crippen LogP contribution in [-0.4, -0.2) is 4.57 Å². The summed E-state index contributed by atoms with van der Waals surface area (Å²) < 4.78 is 8.63. The van der Waals surface area contributed by atoms with E-state index >= 15 is 0 Å². The Morgan fingerprint density at radius 1 is 0.429 bits per heavy atom. The van der Waals surface area contributed by atoms with Gasteiger partial charge in [0.1, 0.15) is 11.2 Å². The van der Waals surface area contributed by atoms with Crippen LogP contribution in [0.4, 0.5) is 17.1 Å². The van der Waals surface area contributed by atoms with Gasteiger partial charge in [0.05, 0.1) is 16.7 Å². The molecule has 0 radical (unpaired) electrons. The summed E-state index contributed by atoms with van der Waals surface area (Å²) in [5.74, 6) is 0. The molecule has 0 unspecified atom stereocenters. The van der Waals surface area contributed by atoms with Gasteiger partial charge < -0.3 is 13.9 Å². The third-order valence-electron chi connectivity index (χ3n) is 9.76. The zero-order chi connectivity index (χ0) is 32.3. The van der Waals surface area contributed by atoms with Crippen LogP contribution in [0.1, 0.15) is 0 Å². The first-order chi connectivity index (χ1) is 24.3. The molecule has 0 atom stereocenters. The number of benzene rings is 8. The van der Waals surface area contributed by atoms with Crippen LogP contribution in [0.2, 0.25) is 0 Å². The smallest absolute Gasteiger partial charge is 0.136 e. The molecule has 0 saturated heterocycles. The molecule has 0 spiro atoms. The minimum Gasteiger partial charge on any atom is -0.456 e. The molecule has 230 valence electrons. The number of aromatic nitrogens is 1. The van der Waals surface area contributed by atoms with Gasteiger partial charge in [-0.1, -0.05) is 121 Å². The van der Waals surface area contributed by atoms with E-state index in [0.717, 1.165) is 44.7 Å². The fourth-order valence-electron chi connectivity index (χ4n) is 7.59. The Morgan fingerprint density at radius 2 is 1.08 bits per heavy atom. The molecule has 2 heterocycles. The van der Waals surface area contributed by atoms with Crippen molar-refractivity contribution in [3.8, 4) is 16.8 Å². The first kappa shape index (κ1) is 27.5. The Morgan fingerprint density at radius 3 is 1.94 bits per heavy atom. The number of hydrogen-bond donors (Lipinski definition) is 0. The Hall–Kier alpha value is -6.58. The van der Waals surface area contributed by atoms with Gasteiger partial charge in [-0.3, -0.25) is 0 Å². The lowest BCUT2D eigenvalue weighted by atomic mass is 10.00. The molecule has 0 aliphatic rings. The van der Waals surface area contributed by atoms with E-state index in [1.54, 1.807) is 0 Å². The molecule has 0 bridgehead atoms. The average molecular weight is 627 g/mol. The molecule has 0 amide bonds. The third-order valence-corrected chi connectivity index (χ3v) is 9.76. The van der Waals surface area contributed by atoms with E-state index in [9.17, 15) is 0 Å². The quantitative estimate of drug-likeness (QED) is 0.190. The Labute approximate surface area is 283 Å². The number of nitrogens with zero attached hydrogens (tertiary/aromatic N) is 2. The van der Waals surface area contributed by atoms with Crippen molar-refractivity contribution in [2.24, 2.45) is 0 Å². The molecule has 0 aliphatic carbocycles. The van der Waals surface area contributed by atoms with E-state index < -0.39 is 0 Å². The van der Waals surface area contributed by atoms with Crippen LogP contribution < -0.4 is 4.90 Å². The van der Waals surface area contributed by atoms with Gasteiger partial charge >= 0.3 is 0 Å². The van der Waals surface area contributed by atoms with Crippen LogP contribution in [0, 0.1) is 0 Å². The highest BCUT2D eigenvalue weighted by atomic mass is 16.3. The van der Waals surface area contributed by atoms with Crippen LogP contribution in [0.15, 0.2) is 186 Å². The van der Waals surface area contributed by atoms with Crippen molar-refractivity contribution in [3.05, 3.63) is 182 Å². The van der Waals surface area contributed by atoms with Crippen molar-refractivity contribution in [2.45, 2.75) is 0 Å². The number of anilines is 3. The van der Waals surface area contributed by atoms with Crippen LogP contribution >= 0.6 is 0 Å². The summed E-state index contributed by atoms with van der Waals surface area (Å²) in [5.41, 5.74) is 11.0. The van der Waals surface area contributed by atoms with Crippen molar-refractivity contribution in [1.29, 1.82) is 0 Å². The molecule has 0 fully saturated rings. The minimum absolute atomic E-state index is 0.909. The molecule has 0 N–H and O–H groups in total. The lowest BCUT2D eigenvalue weighted by molar-refractivity contribution is 0.669. The van der Waals surface area contributed by atoms with E-state index in [4.69, 9.17) is 4.42 Å². The van der Waals surface area contributed by atoms with Gasteiger partial charge in [0.25, 0.3) is 0 Å². The van der Waals surface area contributed by atoms with Gasteiger partial charge in [-0.2, -0.15) is 0 Å². The predicted molar refractivity (Wildman–Crippen MR) is 206 cm³/mol. The fraction of sp³-hybridized carbons (Fsp3) is 0. The summed E-state index contributed by atoms with van der Waals surface area (Å²) in [5, 5.41) is 7.12. The molecule has 3 heteroatoms. The second-order valence-electron chi connectivity index (χ2n) is 12.6. The normalized spacial score (nSPS) is 11.7. The zero-order valence-corrected chi connectivity index (χ0v) is 26.6. The number of hydrogen-bond acceptors (Lipinski definition) is 2. The molecule has 2 aromatic heterocycles. The van der Waals surface area contributed by atoms with E-state index in [1.165, 1.54) is 43.7 Å². The maximum atomic E-state index is 6.24. The summed E-state index contributed by atoms with van der Waals surface area (Å²) in [4.78, 5) is 2.41. The second kappa shape index (κ2) is 11.0. The van der Waals surface area contributed by atoms with Gasteiger partial charge in [-0.25, -0.2) is 0 Å². The summed E-state index contributed by atoms with van der Waals surface area (Å²) in [6, 6.07) is 65.1. The first-order valence-corrected chi connectivity index (χ1v) is 16.7. The van der Waals surface area contributed by atoms with Crippen molar-refractivity contribution in [3.63, 3.8) is 0 Å². The Balaban J connectivity index is 1.25. The number of para-hydroxylation sites is 4. The van der Waals surface area contributed by atoms with Gasteiger partial charge in [0, 0.05) is 44.2 Å². The van der Waals surface area contributed by atoms with Crippen LogP contribution in [0.5, 0.6) is 0 Å². The lowest BCUT2D eigenvalue weighted by Crippen LogP contribution is -2.11. The van der Waals surface area contributed by atoms with Gasteiger partial charge in [-0.05, 0) is 77.0 Å². The number of furan rings is 1. The maximum absolute atomic E-state index is 6.24. The monoisotopic (exact) mass is 626 g/mol. The SMILES string of the molecule is c1ccc(-c2ccccc2N(c2ccc3c(ccc4oc5ccccc5c43)c2)c2ccc3c4ccccc4n(-c4ccccc4)c3c2)cc1. The fourth-order valence-corrected chi connectivity index (χ4v) is 7.59. The molecular weight excluding hydrogens is 597 g/mol. The van der Waals surface area contributed by atoms with E-state index in [0.29, 0.717) is 0 Å². The van der Waals surface area contributed by atoms with E-state index in [2.05, 4.69) is 179 Å². The highest BCUT2D eigenvalue weighted by molar-refractivity contribution is 6.19. The van der Waals surface area contributed by atoms with Gasteiger partial charge in [0.2, 0.25) is 0 Å². The Bertz CT molecular complexity index is 2830. The maximum Gasteiger partial charge on any atom is 0.136 e. The topological polar surface area (TPSA) is 21.3 Å². The zero-order valence-electron chi connectivity index (χ0n) is 26.6. The first-order valence-electron chi connectivity index (χ1n) is 16.7. The summed E-state index contributed by atoms with van der Waals surface area (Å²) in [6.07, 6.45) is 0. The highest BCUT2D eigenvalue weighted by Gasteiger charge is 2.21. The molecular formula is C46H30N2O. The van der Waals surface area contributed by atoms with Gasteiger partial charge in [0.15, 0.2) is 0 Å². The summed E-state index contributed by atoms with van der Waals surface area (Å²) in [6.45, 7) is 0. The van der Waals surface area contributed by atoms with Gasteiger partial charge in [-0.15, -0.1) is 0 Å². The minimum atomic E-state index is 0.909. The molecule has 10 aromatic rings. The molecule has 8 aromatic carbocycles. The van der Waals surface area contributed by atoms with Crippen LogP contribution in [0.25, 0.3) is 71.3 Å². The van der Waals surface area contributed by atoms with Crippen LogP contribution in [-0.2, 0) is 0 Å². The van der Waals surface area contributed by atoms with Crippen molar-refractivity contribution in [1.82, 2.24) is 4.57 Å². The Kier molecular flexibility index (Phi) is 6.18. The highest BCUT2D eigenvalue weighted by Crippen LogP contribution is 2.44. The van der Waals surface area contributed by atoms with Crippen molar-refractivity contribution in [2.75, 3.05) is 4.90 Å². The predicted octanol–water partition coefficient (Wildman–Crippen LogP) is 13.0. The largest absolute Gasteiger partial charge is 0.456 e. The third kappa shape index (κ3) is 4.37. The summed E-state index contributed by atoms with van der Waals surface area (Å²) in [7, 11) is 0. The molecule has 0 saturated carbocycles. The van der Waals surface area contributed by atoms with Crippen LogP contribution in [0.3, 0.4) is 0 Å². The summed E-state index contributed by atoms with van der Waals surface area (Å²) >= 11 is 0. The standard InChI is InChI=1S/C46H30N2O/c1-3-13-31(14-4-1)36-17-7-10-20-41(36)47(34-24-26-37-32(29-34)23-28-45-46(37)40-19-9-12-22-44(40)49-45)35-25-27-39-38-18-8-11-21-42(38)48(43(39)30-35)33-15-5-2-6-16-33/h1-30H. The molecule has 0 aliphatic heterocycles. The molecule has 10 rings (SSSR count). The van der Waals surface area contributed by atoms with E-state index in [1.807, 2.05) is 12.1 Å². The van der Waals surface area contributed by atoms with Crippen molar-refractivity contribution >= 4 is 71.6 Å². The molecule has 3 nitrogen and oxygen atoms in total.